The molecule has 0 spiro atoms. The molecule has 4 rings (SSSR count). The van der Waals surface area contributed by atoms with Crippen molar-refractivity contribution in [2.24, 2.45) is 5.92 Å². The number of carbonyl (C=O) groups excluding carboxylic acids is 2. The summed E-state index contributed by atoms with van der Waals surface area (Å²) in [6, 6.07) is 4.35. The molecule has 0 fully saturated rings. The molecular weight excluding hydrogens is 515 g/mol. The summed E-state index contributed by atoms with van der Waals surface area (Å²) < 4.78 is 10.5. The first-order chi connectivity index (χ1) is 16.7. The first kappa shape index (κ1) is 25.0. The van der Waals surface area contributed by atoms with Crippen LogP contribution < -0.4 is 10.1 Å². The quantitative estimate of drug-likeness (QED) is 0.512. The zero-order chi connectivity index (χ0) is 25.3. The van der Waals surface area contributed by atoms with Crippen LogP contribution in [0.1, 0.15) is 12.6 Å². The van der Waals surface area contributed by atoms with Gasteiger partial charge < -0.3 is 19.7 Å². The van der Waals surface area contributed by atoms with E-state index in [0.717, 1.165) is 0 Å². The van der Waals surface area contributed by atoms with Gasteiger partial charge >= 0.3 is 0 Å². The van der Waals surface area contributed by atoms with Crippen molar-refractivity contribution in [3.05, 3.63) is 80.5 Å². The van der Waals surface area contributed by atoms with Crippen molar-refractivity contribution in [3.8, 4) is 5.88 Å². The largest absolute Gasteiger partial charge is 0.496 e. The third kappa shape index (κ3) is 5.00. The van der Waals surface area contributed by atoms with Crippen molar-refractivity contribution >= 4 is 52.2 Å². The molecular formula is C24H21Cl3N4O4. The molecule has 2 aromatic heterocycles. The molecule has 8 nitrogen and oxygen atoms in total. The zero-order valence-corrected chi connectivity index (χ0v) is 21.3. The second kappa shape index (κ2) is 10.3. The Kier molecular flexibility index (Phi) is 7.35. The Morgan fingerprint density at radius 3 is 2.57 bits per heavy atom. The van der Waals surface area contributed by atoms with Crippen LogP contribution in [0.15, 0.2) is 64.8 Å². The van der Waals surface area contributed by atoms with E-state index in [1.807, 2.05) is 4.90 Å². The van der Waals surface area contributed by atoms with Crippen molar-refractivity contribution in [2.45, 2.75) is 19.5 Å². The lowest BCUT2D eigenvalue weighted by molar-refractivity contribution is -0.132. The molecule has 0 saturated heterocycles. The van der Waals surface area contributed by atoms with E-state index in [1.54, 1.807) is 31.2 Å². The maximum atomic E-state index is 13.4. The lowest BCUT2D eigenvalue weighted by Gasteiger charge is -2.31. The standard InChI is InChI=1S/C24H21Cl3N4O4/c1-12-22(23(32)24(33)30-14-4-5-28-21(7-14)35-3)15-8-20(34-2)17(27)9-19(15)31(12)11-18-16(26)6-13(25)10-29-18/h4-10,15,19H,11H2,1-3H3,(H,28,30,33). The average Bonchev–Trinajstić information content (AvgIpc) is 3.09. The predicted molar refractivity (Wildman–Crippen MR) is 133 cm³/mol. The SMILES string of the molecule is COC1=CC2C(C(=O)C(=O)Nc3ccnc(OC)c3)=C(C)N(Cc3ncc(Cl)cc3Cl)C2C=C1Cl. The smallest absolute Gasteiger partial charge is 0.296 e. The highest BCUT2D eigenvalue weighted by Gasteiger charge is 2.44. The van der Waals surface area contributed by atoms with Crippen LogP contribution in [0, 0.1) is 5.92 Å². The number of nitrogens with one attached hydrogen (secondary N) is 1. The highest BCUT2D eigenvalue weighted by molar-refractivity contribution is 6.47. The maximum Gasteiger partial charge on any atom is 0.296 e. The average molecular weight is 536 g/mol. The molecule has 35 heavy (non-hydrogen) atoms. The minimum absolute atomic E-state index is 0.278. The van der Waals surface area contributed by atoms with Crippen molar-refractivity contribution in [1.29, 1.82) is 0 Å². The molecule has 2 unspecified atom stereocenters. The summed E-state index contributed by atoms with van der Waals surface area (Å²) in [5, 5.41) is 3.84. The van der Waals surface area contributed by atoms with Gasteiger partial charge in [-0.25, -0.2) is 4.98 Å². The van der Waals surface area contributed by atoms with Crippen LogP contribution in [0.5, 0.6) is 5.88 Å². The zero-order valence-electron chi connectivity index (χ0n) is 19.0. The van der Waals surface area contributed by atoms with Gasteiger partial charge in [-0.1, -0.05) is 34.8 Å². The summed E-state index contributed by atoms with van der Waals surface area (Å²) in [4.78, 5) is 36.7. The molecule has 11 heteroatoms. The number of rotatable bonds is 7. The van der Waals surface area contributed by atoms with Gasteiger partial charge in [0.1, 0.15) is 5.76 Å². The van der Waals surface area contributed by atoms with Gasteiger partial charge in [0.15, 0.2) is 0 Å². The number of Topliss-reactive ketones (excluding diaryl/α,β-unsaturated/α-hetero) is 1. The van der Waals surface area contributed by atoms with Gasteiger partial charge in [-0.2, -0.15) is 0 Å². The molecule has 1 aliphatic heterocycles. The Bertz CT molecular complexity index is 1290. The van der Waals surface area contributed by atoms with E-state index >= 15 is 0 Å². The van der Waals surface area contributed by atoms with Crippen molar-refractivity contribution in [3.63, 3.8) is 0 Å². The second-order valence-corrected chi connectivity index (χ2v) is 9.10. The number of hydrogen-bond acceptors (Lipinski definition) is 7. The Hall–Kier alpha value is -3.07. The summed E-state index contributed by atoms with van der Waals surface area (Å²) in [7, 11) is 2.96. The second-order valence-electron chi connectivity index (χ2n) is 7.85. The molecule has 0 saturated carbocycles. The van der Waals surface area contributed by atoms with E-state index in [4.69, 9.17) is 44.3 Å². The van der Waals surface area contributed by atoms with Crippen LogP contribution in [-0.4, -0.2) is 46.8 Å². The van der Waals surface area contributed by atoms with Gasteiger partial charge in [-0.15, -0.1) is 0 Å². The molecule has 3 heterocycles. The number of methoxy groups -OCH3 is 2. The molecule has 2 aliphatic rings. The number of hydrogen-bond donors (Lipinski definition) is 1. The van der Waals surface area contributed by atoms with E-state index < -0.39 is 17.6 Å². The molecule has 182 valence electrons. The van der Waals surface area contributed by atoms with E-state index in [2.05, 4.69) is 15.3 Å². The molecule has 0 aromatic carbocycles. The fourth-order valence-corrected chi connectivity index (χ4v) is 4.88. The predicted octanol–water partition coefficient (Wildman–Crippen LogP) is 4.74. The van der Waals surface area contributed by atoms with Crippen LogP contribution in [0.2, 0.25) is 10.0 Å². The third-order valence-corrected chi connectivity index (χ3v) is 6.69. The van der Waals surface area contributed by atoms with Gasteiger partial charge in [-0.3, -0.25) is 14.6 Å². The number of aromatic nitrogens is 2. The summed E-state index contributed by atoms with van der Waals surface area (Å²) in [5.41, 5.74) is 1.89. The fourth-order valence-electron chi connectivity index (χ4n) is 4.17. The number of amides is 1. The van der Waals surface area contributed by atoms with Crippen LogP contribution in [0.4, 0.5) is 5.69 Å². The fraction of sp³-hybridized carbons (Fsp3) is 0.250. The minimum Gasteiger partial charge on any atom is -0.496 e. The van der Waals surface area contributed by atoms with E-state index in [0.29, 0.717) is 49.4 Å². The van der Waals surface area contributed by atoms with Crippen LogP contribution >= 0.6 is 34.8 Å². The normalized spacial score (nSPS) is 19.1. The highest BCUT2D eigenvalue weighted by atomic mass is 35.5. The molecule has 1 amide bonds. The van der Waals surface area contributed by atoms with Gasteiger partial charge in [0, 0.05) is 41.3 Å². The number of anilines is 1. The number of ketones is 1. The Morgan fingerprint density at radius 1 is 1.11 bits per heavy atom. The highest BCUT2D eigenvalue weighted by Crippen LogP contribution is 2.43. The number of pyridine rings is 2. The number of carbonyl (C=O) groups is 2. The van der Waals surface area contributed by atoms with Gasteiger partial charge in [0.05, 0.1) is 47.6 Å². The molecule has 2 atom stereocenters. The van der Waals surface area contributed by atoms with Crippen LogP contribution in [0.3, 0.4) is 0 Å². The van der Waals surface area contributed by atoms with Crippen molar-refractivity contribution in [1.82, 2.24) is 14.9 Å². The van der Waals surface area contributed by atoms with Crippen LogP contribution in [-0.2, 0) is 20.9 Å². The van der Waals surface area contributed by atoms with Gasteiger partial charge in [0.2, 0.25) is 11.7 Å². The molecule has 0 radical (unpaired) electrons. The monoisotopic (exact) mass is 534 g/mol. The lowest BCUT2D eigenvalue weighted by atomic mass is 9.87. The molecule has 0 bridgehead atoms. The molecule has 2 aromatic rings. The van der Waals surface area contributed by atoms with E-state index in [1.165, 1.54) is 32.7 Å². The number of halogens is 3. The molecule has 1 N–H and O–H groups in total. The van der Waals surface area contributed by atoms with Gasteiger partial charge in [-0.05, 0) is 31.2 Å². The Balaban J connectivity index is 1.69. The first-order valence-corrected chi connectivity index (χ1v) is 11.6. The maximum absolute atomic E-state index is 13.4. The third-order valence-electron chi connectivity index (χ3n) is 5.84. The van der Waals surface area contributed by atoms with Crippen molar-refractivity contribution < 1.29 is 19.1 Å². The first-order valence-electron chi connectivity index (χ1n) is 10.5. The minimum atomic E-state index is -0.788. The number of nitrogens with zero attached hydrogens (tertiary/aromatic N) is 3. The number of ether oxygens (including phenoxy) is 2. The molecule has 1 aliphatic carbocycles. The van der Waals surface area contributed by atoms with Gasteiger partial charge in [0.25, 0.3) is 5.91 Å². The summed E-state index contributed by atoms with van der Waals surface area (Å²) in [6.07, 6.45) is 6.53. The summed E-state index contributed by atoms with van der Waals surface area (Å²) in [6.45, 7) is 2.06. The Labute approximate surface area is 217 Å². The van der Waals surface area contributed by atoms with Crippen molar-refractivity contribution in [2.75, 3.05) is 19.5 Å². The number of fused-ring (bicyclic) bond motifs is 1. The summed E-state index contributed by atoms with van der Waals surface area (Å²) >= 11 is 18.8. The summed E-state index contributed by atoms with van der Waals surface area (Å²) in [5.74, 6) is -1.20. The van der Waals surface area contributed by atoms with E-state index in [-0.39, 0.29) is 12.6 Å². The van der Waals surface area contributed by atoms with Crippen LogP contribution in [0.25, 0.3) is 0 Å². The lowest BCUT2D eigenvalue weighted by Crippen LogP contribution is -2.34. The number of allylic oxidation sites excluding steroid dienone is 2. The Morgan fingerprint density at radius 2 is 1.89 bits per heavy atom. The topological polar surface area (TPSA) is 93.7 Å². The van der Waals surface area contributed by atoms with E-state index in [9.17, 15) is 9.59 Å².